The number of hydrogen-bond donors (Lipinski definition) is 1. The van der Waals surface area contributed by atoms with Crippen LogP contribution in [0.25, 0.3) is 11.1 Å². The average molecular weight is 668 g/mol. The van der Waals surface area contributed by atoms with Crippen LogP contribution >= 0.6 is 0 Å². The molecular formula is C39H41NO7S. The first-order valence-electron chi connectivity index (χ1n) is 16.2. The summed E-state index contributed by atoms with van der Waals surface area (Å²) < 4.78 is 48.0. The molecule has 2 fully saturated rings. The van der Waals surface area contributed by atoms with Gasteiger partial charge in [-0.25, -0.2) is 13.2 Å². The molecule has 0 aromatic heterocycles. The second-order valence-electron chi connectivity index (χ2n) is 12.8. The van der Waals surface area contributed by atoms with Crippen LogP contribution in [-0.2, 0) is 19.6 Å². The third kappa shape index (κ3) is 7.18. The van der Waals surface area contributed by atoms with Gasteiger partial charge in [0.25, 0.3) is 0 Å². The molecule has 1 N–H and O–H groups in total. The highest BCUT2D eigenvalue weighted by Crippen LogP contribution is 2.48. The van der Waals surface area contributed by atoms with E-state index in [1.54, 1.807) is 28.6 Å². The van der Waals surface area contributed by atoms with Crippen LogP contribution in [0.4, 0.5) is 0 Å². The summed E-state index contributed by atoms with van der Waals surface area (Å²) in [6.45, 7) is 10.4. The summed E-state index contributed by atoms with van der Waals surface area (Å²) in [5.74, 6) is 0.365. The zero-order valence-corrected chi connectivity index (χ0v) is 28.3. The van der Waals surface area contributed by atoms with E-state index in [9.17, 15) is 18.3 Å². The lowest BCUT2D eigenvalue weighted by molar-refractivity contribution is -0.139. The summed E-state index contributed by atoms with van der Waals surface area (Å²) in [5, 5.41) is 9.36. The van der Waals surface area contributed by atoms with Gasteiger partial charge in [0.05, 0.1) is 17.1 Å². The van der Waals surface area contributed by atoms with Gasteiger partial charge in [0, 0.05) is 24.6 Å². The van der Waals surface area contributed by atoms with E-state index in [0.717, 1.165) is 27.8 Å². The van der Waals surface area contributed by atoms with Gasteiger partial charge in [0.2, 0.25) is 10.0 Å². The Kier molecular flexibility index (Phi) is 9.73. The molecule has 0 amide bonds. The Bertz CT molecular complexity index is 1910. The summed E-state index contributed by atoms with van der Waals surface area (Å²) >= 11 is 0. The van der Waals surface area contributed by atoms with Crippen LogP contribution in [0.15, 0.2) is 108 Å². The lowest BCUT2D eigenvalue weighted by Gasteiger charge is -2.47. The molecule has 8 nitrogen and oxygen atoms in total. The summed E-state index contributed by atoms with van der Waals surface area (Å²) in [7, 11) is -3.72. The van der Waals surface area contributed by atoms with Gasteiger partial charge in [0.1, 0.15) is 17.2 Å². The van der Waals surface area contributed by atoms with Crippen molar-refractivity contribution in [2.45, 2.75) is 50.7 Å². The molecule has 0 aliphatic carbocycles. The maximum atomic E-state index is 13.8. The molecule has 4 aromatic rings. The Morgan fingerprint density at radius 3 is 2.31 bits per heavy atom. The summed E-state index contributed by atoms with van der Waals surface area (Å²) in [6, 6.07) is 28.1. The zero-order chi connectivity index (χ0) is 34.0. The molecule has 0 saturated carbocycles. The van der Waals surface area contributed by atoms with Gasteiger partial charge in [-0.2, -0.15) is 4.31 Å². The second-order valence-corrected chi connectivity index (χ2v) is 14.8. The first kappa shape index (κ1) is 33.5. The van der Waals surface area contributed by atoms with Gasteiger partial charge in [-0.3, -0.25) is 0 Å². The van der Waals surface area contributed by atoms with Crippen LogP contribution in [0.2, 0.25) is 0 Å². The highest BCUT2D eigenvalue weighted by Gasteiger charge is 2.45. The summed E-state index contributed by atoms with van der Waals surface area (Å²) in [4.78, 5) is 11.7. The molecular weight excluding hydrogens is 626 g/mol. The Hall–Kier alpha value is -4.44. The van der Waals surface area contributed by atoms with Crippen LogP contribution in [-0.4, -0.2) is 49.6 Å². The monoisotopic (exact) mass is 667 g/mol. The standard InChI is InChI=1S/C39H41NO7S/c1-25(2)34-21-30-23-40(48(43,44)33-15-11-29(12-16-33)28-8-6-5-7-9-28)19-18-36(30)47-39(34)35-22-32(14-17-37(35)45-24-38(41)42)46-31-13-10-26(3)27(4)20-31/h5-17,20,22,30,34,36,39H,1,18-19,21,23-24H2,2-4H3,(H,41,42)/t30-,34+,36-,39-/m1/s1. The van der Waals surface area contributed by atoms with E-state index in [1.165, 1.54) is 0 Å². The van der Waals surface area contributed by atoms with Gasteiger partial charge in [-0.15, -0.1) is 0 Å². The van der Waals surface area contributed by atoms with Crippen molar-refractivity contribution in [2.24, 2.45) is 11.8 Å². The first-order valence-corrected chi connectivity index (χ1v) is 17.6. The largest absolute Gasteiger partial charge is 0.482 e. The number of rotatable bonds is 10. The zero-order valence-electron chi connectivity index (χ0n) is 27.5. The lowest BCUT2D eigenvalue weighted by Crippen LogP contribution is -2.50. The molecule has 2 aliphatic heterocycles. The second kappa shape index (κ2) is 14.0. The van der Waals surface area contributed by atoms with Crippen LogP contribution in [0, 0.1) is 25.7 Å². The number of ether oxygens (including phenoxy) is 3. The van der Waals surface area contributed by atoms with Gasteiger partial charge >= 0.3 is 5.97 Å². The molecule has 0 spiro atoms. The number of nitrogens with zero attached hydrogens (tertiary/aromatic N) is 1. The fourth-order valence-corrected chi connectivity index (χ4v) is 8.19. The molecule has 2 saturated heterocycles. The van der Waals surface area contributed by atoms with E-state index in [-0.39, 0.29) is 22.8 Å². The SMILES string of the molecule is C=C(C)[C@@H]1C[C@@H]2CN(S(=O)(=O)c3ccc(-c4ccccc4)cc3)CC[C@H]2O[C@H]1c1cc(Oc2ccc(C)c(C)c2)ccc1OCC(=O)O. The Labute approximate surface area is 282 Å². The normalized spacial score (nSPS) is 21.2. The molecule has 2 heterocycles. The molecule has 0 unspecified atom stereocenters. The van der Waals surface area contributed by atoms with Gasteiger partial charge in [-0.1, -0.05) is 60.7 Å². The van der Waals surface area contributed by atoms with E-state index in [1.807, 2.05) is 87.5 Å². The van der Waals surface area contributed by atoms with Crippen molar-refractivity contribution in [3.63, 3.8) is 0 Å². The molecule has 4 aromatic carbocycles. The molecule has 9 heteroatoms. The minimum atomic E-state index is -3.72. The number of carbonyl (C=O) groups is 1. The maximum Gasteiger partial charge on any atom is 0.341 e. The number of aryl methyl sites for hydroxylation is 2. The number of piperidine rings is 1. The van der Waals surface area contributed by atoms with Crippen molar-refractivity contribution in [2.75, 3.05) is 19.7 Å². The highest BCUT2D eigenvalue weighted by molar-refractivity contribution is 7.89. The van der Waals surface area contributed by atoms with E-state index < -0.39 is 28.7 Å². The van der Waals surface area contributed by atoms with E-state index in [4.69, 9.17) is 14.2 Å². The number of hydrogen-bond acceptors (Lipinski definition) is 6. The molecule has 48 heavy (non-hydrogen) atoms. The summed E-state index contributed by atoms with van der Waals surface area (Å²) in [6.07, 6.45) is 0.499. The third-order valence-electron chi connectivity index (χ3n) is 9.46. The number of carboxylic acids is 1. The number of benzene rings is 4. The first-order chi connectivity index (χ1) is 23.0. The van der Waals surface area contributed by atoms with Gasteiger partial charge < -0.3 is 19.3 Å². The predicted molar refractivity (Wildman–Crippen MR) is 185 cm³/mol. The number of aliphatic carboxylic acids is 1. The molecule has 0 radical (unpaired) electrons. The van der Waals surface area contributed by atoms with Crippen LogP contribution < -0.4 is 9.47 Å². The average Bonchev–Trinajstić information content (AvgIpc) is 3.08. The molecule has 6 rings (SSSR count). The van der Waals surface area contributed by atoms with E-state index >= 15 is 0 Å². The molecule has 250 valence electrons. The number of fused-ring (bicyclic) bond motifs is 1. The maximum absolute atomic E-state index is 13.8. The Balaban J connectivity index is 1.23. The summed E-state index contributed by atoms with van der Waals surface area (Å²) in [5.41, 5.74) is 5.82. The highest BCUT2D eigenvalue weighted by atomic mass is 32.2. The van der Waals surface area contributed by atoms with Gasteiger partial charge in [-0.05, 0) is 104 Å². The minimum absolute atomic E-state index is 0.0478. The topological polar surface area (TPSA) is 102 Å². The predicted octanol–water partition coefficient (Wildman–Crippen LogP) is 7.96. The van der Waals surface area contributed by atoms with Crippen LogP contribution in [0.5, 0.6) is 17.2 Å². The smallest absolute Gasteiger partial charge is 0.341 e. The fourth-order valence-electron chi connectivity index (χ4n) is 6.68. The minimum Gasteiger partial charge on any atom is -0.482 e. The van der Waals surface area contributed by atoms with E-state index in [2.05, 4.69) is 6.58 Å². The third-order valence-corrected chi connectivity index (χ3v) is 11.3. The van der Waals surface area contributed by atoms with Crippen molar-refractivity contribution in [1.82, 2.24) is 4.31 Å². The molecule has 2 aliphatic rings. The van der Waals surface area contributed by atoms with Crippen LogP contribution in [0.1, 0.15) is 42.6 Å². The quantitative estimate of drug-likeness (QED) is 0.171. The lowest BCUT2D eigenvalue weighted by atomic mass is 9.76. The fraction of sp³-hybridized carbons (Fsp3) is 0.308. The van der Waals surface area contributed by atoms with Crippen LogP contribution in [0.3, 0.4) is 0 Å². The van der Waals surface area contributed by atoms with Crippen molar-refractivity contribution < 1.29 is 32.5 Å². The van der Waals surface area contributed by atoms with E-state index in [0.29, 0.717) is 48.7 Å². The Morgan fingerprint density at radius 1 is 0.938 bits per heavy atom. The number of sulfonamides is 1. The van der Waals surface area contributed by atoms with Crippen molar-refractivity contribution in [1.29, 1.82) is 0 Å². The molecule has 0 bridgehead atoms. The molecule has 4 atom stereocenters. The Morgan fingerprint density at radius 2 is 1.62 bits per heavy atom. The van der Waals surface area contributed by atoms with Gasteiger partial charge in [0.15, 0.2) is 6.61 Å². The van der Waals surface area contributed by atoms with Crippen molar-refractivity contribution >= 4 is 16.0 Å². The number of carboxylic acid groups (broad SMARTS) is 1. The van der Waals surface area contributed by atoms with Crippen molar-refractivity contribution in [3.8, 4) is 28.4 Å². The van der Waals surface area contributed by atoms with Crippen molar-refractivity contribution in [3.05, 3.63) is 120 Å².